The predicted octanol–water partition coefficient (Wildman–Crippen LogP) is 5.41. The highest BCUT2D eigenvalue weighted by atomic mass is 16.5. The van der Waals surface area contributed by atoms with Gasteiger partial charge in [0.2, 0.25) is 0 Å². The first-order valence-corrected chi connectivity index (χ1v) is 11.1. The molecule has 188 valence electrons. The van der Waals surface area contributed by atoms with E-state index in [1.54, 1.807) is 84.9 Å². The molecule has 4 N–H and O–H groups in total. The Morgan fingerprint density at radius 1 is 0.595 bits per heavy atom. The summed E-state index contributed by atoms with van der Waals surface area (Å²) in [6, 6.07) is 22.5. The minimum Gasteiger partial charge on any atom is -0.503 e. The fourth-order valence-corrected chi connectivity index (χ4v) is 3.45. The first kappa shape index (κ1) is 24.9. The van der Waals surface area contributed by atoms with Crippen LogP contribution in [0.25, 0.3) is 0 Å². The normalized spacial score (nSPS) is 10.3. The minimum absolute atomic E-state index is 0.157. The summed E-state index contributed by atoms with van der Waals surface area (Å²) in [6.45, 7) is 0. The smallest absolute Gasteiger partial charge is 0.255 e. The minimum atomic E-state index is -0.410. The number of nitrogens with one attached hydrogen (secondary N) is 2. The van der Waals surface area contributed by atoms with E-state index >= 15 is 0 Å². The zero-order valence-electron chi connectivity index (χ0n) is 20.0. The van der Waals surface area contributed by atoms with Crippen LogP contribution in [-0.2, 0) is 0 Å². The molecule has 4 aromatic carbocycles. The van der Waals surface area contributed by atoms with Crippen molar-refractivity contribution in [1.82, 2.24) is 0 Å². The number of hydrogen-bond acceptors (Lipinski definition) is 7. The van der Waals surface area contributed by atoms with Crippen LogP contribution in [-0.4, -0.2) is 36.2 Å². The third kappa shape index (κ3) is 5.73. The lowest BCUT2D eigenvalue weighted by atomic mass is 10.2. The quantitative estimate of drug-likeness (QED) is 0.238. The average molecular weight is 501 g/mol. The van der Waals surface area contributed by atoms with E-state index in [9.17, 15) is 19.8 Å². The molecule has 0 radical (unpaired) electrons. The van der Waals surface area contributed by atoms with Crippen LogP contribution in [0, 0.1) is 0 Å². The van der Waals surface area contributed by atoms with Gasteiger partial charge in [0.15, 0.2) is 23.0 Å². The Morgan fingerprint density at radius 2 is 0.973 bits per heavy atom. The molecule has 0 saturated carbocycles. The highest BCUT2D eigenvalue weighted by Crippen LogP contribution is 2.35. The van der Waals surface area contributed by atoms with E-state index in [4.69, 9.17) is 14.2 Å². The Balaban J connectivity index is 1.37. The van der Waals surface area contributed by atoms with E-state index in [2.05, 4.69) is 10.6 Å². The molecule has 9 nitrogen and oxygen atoms in total. The zero-order valence-corrected chi connectivity index (χ0v) is 20.0. The highest BCUT2D eigenvalue weighted by Gasteiger charge is 2.14. The number of rotatable bonds is 8. The topological polar surface area (TPSA) is 126 Å². The maximum Gasteiger partial charge on any atom is 0.255 e. The average Bonchev–Trinajstić information content (AvgIpc) is 2.92. The van der Waals surface area contributed by atoms with Crippen molar-refractivity contribution in [2.24, 2.45) is 0 Å². The molecule has 9 heteroatoms. The van der Waals surface area contributed by atoms with Gasteiger partial charge in [-0.05, 0) is 72.8 Å². The fraction of sp³-hybridized carbons (Fsp3) is 0.0714. The Morgan fingerprint density at radius 3 is 1.32 bits per heavy atom. The molecule has 0 aliphatic heterocycles. The lowest BCUT2D eigenvalue weighted by Crippen LogP contribution is -2.12. The van der Waals surface area contributed by atoms with Crippen molar-refractivity contribution >= 4 is 23.2 Å². The summed E-state index contributed by atoms with van der Waals surface area (Å²) in [5.74, 6) is 0.345. The Kier molecular flexibility index (Phi) is 7.44. The van der Waals surface area contributed by atoms with E-state index in [1.165, 1.54) is 14.2 Å². The number of phenols is 2. The summed E-state index contributed by atoms with van der Waals surface area (Å²) in [5, 5.41) is 25.6. The van der Waals surface area contributed by atoms with E-state index in [1.807, 2.05) is 0 Å². The molecule has 4 aromatic rings. The number of anilines is 2. The van der Waals surface area contributed by atoms with Crippen molar-refractivity contribution in [3.63, 3.8) is 0 Å². The van der Waals surface area contributed by atoms with Crippen LogP contribution in [0.3, 0.4) is 0 Å². The first-order chi connectivity index (χ1) is 17.9. The number of carbonyl (C=O) groups is 2. The molecule has 37 heavy (non-hydrogen) atoms. The molecule has 0 bridgehead atoms. The first-order valence-electron chi connectivity index (χ1n) is 11.1. The fourth-order valence-electron chi connectivity index (χ4n) is 3.45. The lowest BCUT2D eigenvalue weighted by molar-refractivity contribution is 0.101. The van der Waals surface area contributed by atoms with Crippen molar-refractivity contribution in [1.29, 1.82) is 0 Å². The summed E-state index contributed by atoms with van der Waals surface area (Å²) < 4.78 is 15.9. The molecule has 0 aliphatic carbocycles. The Labute approximate surface area is 212 Å². The van der Waals surface area contributed by atoms with Gasteiger partial charge in [-0.25, -0.2) is 0 Å². The maximum atomic E-state index is 12.6. The van der Waals surface area contributed by atoms with Gasteiger partial charge in [0.05, 0.1) is 25.6 Å². The second-order valence-corrected chi connectivity index (χ2v) is 7.77. The molecular formula is C28H24N2O7. The number of para-hydroxylation sites is 2. The third-order valence-electron chi connectivity index (χ3n) is 5.40. The number of aromatic hydroxyl groups is 2. The number of carbonyl (C=O) groups excluding carboxylic acids is 2. The zero-order chi connectivity index (χ0) is 26.4. The highest BCUT2D eigenvalue weighted by molar-refractivity contribution is 6.06. The van der Waals surface area contributed by atoms with Crippen molar-refractivity contribution in [2.75, 3.05) is 24.9 Å². The number of methoxy groups -OCH3 is 2. The summed E-state index contributed by atoms with van der Waals surface area (Å²) in [4.78, 5) is 25.1. The van der Waals surface area contributed by atoms with E-state index < -0.39 is 11.8 Å². The number of phenolic OH excluding ortho intramolecular Hbond substituents is 2. The number of hydrogen-bond donors (Lipinski definition) is 4. The van der Waals surface area contributed by atoms with Gasteiger partial charge in [-0.3, -0.25) is 9.59 Å². The molecule has 0 aromatic heterocycles. The van der Waals surface area contributed by atoms with Gasteiger partial charge in [-0.2, -0.15) is 0 Å². The molecule has 0 unspecified atom stereocenters. The maximum absolute atomic E-state index is 12.6. The second kappa shape index (κ2) is 11.0. The standard InChI is InChI=1S/C28H24N2O7/c1-35-23-7-3-5-21(25(23)31)29-27(33)17-9-13-19(14-10-17)37-20-15-11-18(12-16-20)28(34)30-22-6-4-8-24(36-2)26(22)32/h3-16,31-32H,1-2H3,(H,29,33)(H,30,34). The van der Waals surface area contributed by atoms with E-state index in [-0.39, 0.29) is 34.4 Å². The molecule has 0 atom stereocenters. The van der Waals surface area contributed by atoms with Gasteiger partial charge in [-0.1, -0.05) is 12.1 Å². The third-order valence-corrected chi connectivity index (χ3v) is 5.40. The number of benzene rings is 4. The van der Waals surface area contributed by atoms with Crippen LogP contribution in [0.1, 0.15) is 20.7 Å². The summed E-state index contributed by atoms with van der Waals surface area (Å²) in [5.41, 5.74) is 1.19. The molecule has 0 aliphatic rings. The van der Waals surface area contributed by atoms with Crippen LogP contribution in [0.4, 0.5) is 11.4 Å². The van der Waals surface area contributed by atoms with Gasteiger partial charge < -0.3 is 35.1 Å². The van der Waals surface area contributed by atoms with Crippen LogP contribution in [0.2, 0.25) is 0 Å². The Bertz CT molecular complexity index is 1310. The second-order valence-electron chi connectivity index (χ2n) is 7.77. The molecule has 0 heterocycles. The summed E-state index contributed by atoms with van der Waals surface area (Å²) >= 11 is 0. The molecule has 2 amide bonds. The van der Waals surface area contributed by atoms with Gasteiger partial charge in [0.25, 0.3) is 11.8 Å². The van der Waals surface area contributed by atoms with E-state index in [0.717, 1.165) is 0 Å². The molecule has 0 fully saturated rings. The van der Waals surface area contributed by atoms with Crippen molar-refractivity contribution in [3.8, 4) is 34.5 Å². The number of amides is 2. The molecule has 4 rings (SSSR count). The van der Waals surface area contributed by atoms with Gasteiger partial charge in [-0.15, -0.1) is 0 Å². The van der Waals surface area contributed by atoms with Crippen molar-refractivity contribution in [3.05, 3.63) is 96.1 Å². The monoisotopic (exact) mass is 500 g/mol. The largest absolute Gasteiger partial charge is 0.503 e. The molecule has 0 spiro atoms. The van der Waals surface area contributed by atoms with Crippen molar-refractivity contribution in [2.45, 2.75) is 0 Å². The Hall–Kier alpha value is -5.18. The summed E-state index contributed by atoms with van der Waals surface area (Å²) in [7, 11) is 2.85. The van der Waals surface area contributed by atoms with E-state index in [0.29, 0.717) is 22.6 Å². The molecular weight excluding hydrogens is 476 g/mol. The summed E-state index contributed by atoms with van der Waals surface area (Å²) in [6.07, 6.45) is 0. The van der Waals surface area contributed by atoms with Crippen molar-refractivity contribution < 1.29 is 34.0 Å². The lowest BCUT2D eigenvalue weighted by Gasteiger charge is -2.11. The number of ether oxygens (including phenoxy) is 3. The van der Waals surface area contributed by atoms with Crippen LogP contribution in [0.15, 0.2) is 84.9 Å². The van der Waals surface area contributed by atoms with Gasteiger partial charge >= 0.3 is 0 Å². The van der Waals surface area contributed by atoms with Crippen LogP contribution in [0.5, 0.6) is 34.5 Å². The van der Waals surface area contributed by atoms with Crippen LogP contribution >= 0.6 is 0 Å². The SMILES string of the molecule is COc1cccc(NC(=O)c2ccc(Oc3ccc(C(=O)Nc4cccc(OC)c4O)cc3)cc2)c1O. The van der Waals surface area contributed by atoms with Gasteiger partial charge in [0.1, 0.15) is 11.5 Å². The molecule has 0 saturated heterocycles. The van der Waals surface area contributed by atoms with Crippen LogP contribution < -0.4 is 24.8 Å². The predicted molar refractivity (Wildman–Crippen MR) is 138 cm³/mol. The van der Waals surface area contributed by atoms with Gasteiger partial charge in [0, 0.05) is 11.1 Å².